The lowest BCUT2D eigenvalue weighted by molar-refractivity contribution is -0.115. The van der Waals surface area contributed by atoms with Crippen molar-refractivity contribution in [1.29, 1.82) is 0 Å². The van der Waals surface area contributed by atoms with Crippen LogP contribution >= 0.6 is 27.7 Å². The van der Waals surface area contributed by atoms with Gasteiger partial charge in [-0.3, -0.25) is 4.79 Å². The summed E-state index contributed by atoms with van der Waals surface area (Å²) in [7, 11) is 1.59. The lowest BCUT2D eigenvalue weighted by Gasteiger charge is -2.28. The smallest absolute Gasteiger partial charge is 0.248 e. The van der Waals surface area contributed by atoms with Crippen molar-refractivity contribution in [2.75, 3.05) is 18.2 Å². The van der Waals surface area contributed by atoms with E-state index < -0.39 is 11.9 Å². The first-order valence-corrected chi connectivity index (χ1v) is 13.1. The number of methoxy groups -OCH3 is 1. The number of halogens is 1. The number of nitrogens with one attached hydrogen (secondary N) is 1. The normalized spacial score (nSPS) is 14.9. The quantitative estimate of drug-likeness (QED) is 0.257. The van der Waals surface area contributed by atoms with Gasteiger partial charge in [-0.25, -0.2) is 4.68 Å². The number of nitrogens with two attached hydrogens (primary N) is 1. The first-order chi connectivity index (χ1) is 16.9. The van der Waals surface area contributed by atoms with E-state index in [1.54, 1.807) is 23.6 Å². The zero-order valence-corrected chi connectivity index (χ0v) is 22.3. The maximum atomic E-state index is 12.5. The molecule has 4 rings (SSSR count). The molecule has 1 amide bonds. The Morgan fingerprint density at radius 1 is 1.23 bits per heavy atom. The molecular weight excluding hydrogens is 530 g/mol. The van der Waals surface area contributed by atoms with Crippen LogP contribution in [0.1, 0.15) is 43.9 Å². The molecule has 1 aliphatic rings. The molecule has 0 radical (unpaired) electrons. The van der Waals surface area contributed by atoms with Crippen molar-refractivity contribution in [1.82, 2.24) is 14.8 Å². The predicted molar refractivity (Wildman–Crippen MR) is 141 cm³/mol. The highest BCUT2D eigenvalue weighted by molar-refractivity contribution is 9.10. The number of amides is 1. The van der Waals surface area contributed by atoms with Gasteiger partial charge >= 0.3 is 0 Å². The second kappa shape index (κ2) is 11.2. The number of hydrogen-bond donors (Lipinski definition) is 2. The summed E-state index contributed by atoms with van der Waals surface area (Å²) in [5, 5.41) is 8.53. The molecular formula is C25H28BrN5O3S. The molecule has 3 aromatic rings. The Balaban J connectivity index is 1.66. The van der Waals surface area contributed by atoms with E-state index in [0.717, 1.165) is 34.2 Å². The molecule has 10 heteroatoms. The predicted octanol–water partition coefficient (Wildman–Crippen LogP) is 5.29. The molecule has 0 fully saturated rings. The Bertz CT molecular complexity index is 1240. The summed E-state index contributed by atoms with van der Waals surface area (Å²) in [4.78, 5) is 17.1. The SMILES string of the molecule is CCCCSc1nc2n(n1)C(c1ccc(OCc3ccc(Br)cc3)c(OC)c1)C(C(N)=O)=C(C)N2. The number of hydrogen-bond acceptors (Lipinski definition) is 7. The number of benzene rings is 2. The lowest BCUT2D eigenvalue weighted by atomic mass is 9.95. The maximum absolute atomic E-state index is 12.5. The van der Waals surface area contributed by atoms with Gasteiger partial charge in [0.25, 0.3) is 0 Å². The number of fused-ring (bicyclic) bond motifs is 1. The van der Waals surface area contributed by atoms with Crippen LogP contribution in [-0.4, -0.2) is 33.5 Å². The second-order valence-electron chi connectivity index (χ2n) is 8.12. The molecule has 1 unspecified atom stereocenters. The van der Waals surface area contributed by atoms with Crippen LogP contribution in [0.25, 0.3) is 0 Å². The minimum atomic E-state index is -0.536. The molecule has 1 aliphatic heterocycles. The fourth-order valence-electron chi connectivity index (χ4n) is 3.84. The van der Waals surface area contributed by atoms with Gasteiger partial charge in [0.05, 0.1) is 12.7 Å². The van der Waals surface area contributed by atoms with Gasteiger partial charge in [0, 0.05) is 15.9 Å². The zero-order chi connectivity index (χ0) is 24.9. The number of ether oxygens (including phenoxy) is 2. The Morgan fingerprint density at radius 3 is 2.69 bits per heavy atom. The van der Waals surface area contributed by atoms with Gasteiger partial charge in [-0.2, -0.15) is 4.98 Å². The molecule has 0 bridgehead atoms. The molecule has 184 valence electrons. The number of allylic oxidation sites excluding steroid dienone is 1. The standard InChI is InChI=1S/C25H28BrN5O3S/c1-4-5-12-35-25-29-24-28-15(2)21(23(27)32)22(31(24)30-25)17-8-11-19(20(13-17)33-3)34-14-16-6-9-18(26)10-7-16/h6-11,13,22H,4-5,12,14H2,1-3H3,(H2,27,32)(H,28,29,30). The van der Waals surface area contributed by atoms with Crippen LogP contribution in [0.15, 0.2) is 63.4 Å². The Hall–Kier alpha value is -2.98. The number of anilines is 1. The number of carbonyl (C=O) groups excluding carboxylic acids is 1. The highest BCUT2D eigenvalue weighted by Gasteiger charge is 2.33. The molecule has 2 aromatic carbocycles. The van der Waals surface area contributed by atoms with Crippen molar-refractivity contribution in [2.45, 2.75) is 44.5 Å². The van der Waals surface area contributed by atoms with E-state index in [-0.39, 0.29) is 0 Å². The topological polar surface area (TPSA) is 104 Å². The summed E-state index contributed by atoms with van der Waals surface area (Å²) in [5.41, 5.74) is 8.72. The first kappa shape index (κ1) is 25.1. The number of carbonyl (C=O) groups is 1. The van der Waals surface area contributed by atoms with Gasteiger partial charge in [-0.05, 0) is 48.7 Å². The van der Waals surface area contributed by atoms with Crippen LogP contribution in [0.3, 0.4) is 0 Å². The molecule has 0 spiro atoms. The van der Waals surface area contributed by atoms with Crippen LogP contribution in [-0.2, 0) is 11.4 Å². The summed E-state index contributed by atoms with van der Waals surface area (Å²) in [5.74, 6) is 2.14. The third kappa shape index (κ3) is 5.65. The van der Waals surface area contributed by atoms with Gasteiger partial charge in [-0.1, -0.05) is 59.2 Å². The first-order valence-electron chi connectivity index (χ1n) is 11.3. The van der Waals surface area contributed by atoms with Crippen molar-refractivity contribution in [3.63, 3.8) is 0 Å². The molecule has 35 heavy (non-hydrogen) atoms. The molecule has 1 aromatic heterocycles. The molecule has 8 nitrogen and oxygen atoms in total. The number of unbranched alkanes of at least 4 members (excludes halogenated alkanes) is 1. The van der Waals surface area contributed by atoms with Crippen LogP contribution < -0.4 is 20.5 Å². The van der Waals surface area contributed by atoms with Crippen molar-refractivity contribution < 1.29 is 14.3 Å². The number of primary amides is 1. The Labute approximate surface area is 217 Å². The van der Waals surface area contributed by atoms with Crippen molar-refractivity contribution in [3.8, 4) is 11.5 Å². The highest BCUT2D eigenvalue weighted by atomic mass is 79.9. The number of nitrogens with zero attached hydrogens (tertiary/aromatic N) is 3. The van der Waals surface area contributed by atoms with Gasteiger partial charge in [-0.15, -0.1) is 5.10 Å². The number of aromatic nitrogens is 3. The summed E-state index contributed by atoms with van der Waals surface area (Å²) < 4.78 is 14.4. The van der Waals surface area contributed by atoms with Gasteiger partial charge in [0.15, 0.2) is 11.5 Å². The van der Waals surface area contributed by atoms with Crippen LogP contribution in [0.4, 0.5) is 5.95 Å². The number of rotatable bonds is 10. The third-order valence-electron chi connectivity index (χ3n) is 5.64. The van der Waals surface area contributed by atoms with Crippen molar-refractivity contribution in [3.05, 3.63) is 69.3 Å². The molecule has 0 saturated heterocycles. The van der Waals surface area contributed by atoms with E-state index in [1.165, 1.54) is 0 Å². The minimum Gasteiger partial charge on any atom is -0.493 e. The molecule has 0 aliphatic carbocycles. The largest absolute Gasteiger partial charge is 0.493 e. The maximum Gasteiger partial charge on any atom is 0.248 e. The highest BCUT2D eigenvalue weighted by Crippen LogP contribution is 2.39. The van der Waals surface area contributed by atoms with E-state index >= 15 is 0 Å². The van der Waals surface area contributed by atoms with Crippen LogP contribution in [0.5, 0.6) is 11.5 Å². The zero-order valence-electron chi connectivity index (χ0n) is 19.9. The summed E-state index contributed by atoms with van der Waals surface area (Å²) in [6, 6.07) is 13.0. The molecule has 0 saturated carbocycles. The van der Waals surface area contributed by atoms with Crippen molar-refractivity contribution >= 4 is 39.5 Å². The second-order valence-corrected chi connectivity index (χ2v) is 10.1. The fraction of sp³-hybridized carbons (Fsp3) is 0.320. The molecule has 2 heterocycles. The van der Waals surface area contributed by atoms with Crippen LogP contribution in [0, 0.1) is 0 Å². The van der Waals surface area contributed by atoms with E-state index in [9.17, 15) is 4.79 Å². The van der Waals surface area contributed by atoms with Gasteiger partial charge < -0.3 is 20.5 Å². The fourth-order valence-corrected chi connectivity index (χ4v) is 5.02. The Morgan fingerprint density at radius 2 is 2.00 bits per heavy atom. The van der Waals surface area contributed by atoms with E-state index in [2.05, 4.69) is 33.2 Å². The Kier molecular flexibility index (Phi) is 8.02. The molecule has 1 atom stereocenters. The van der Waals surface area contributed by atoms with Crippen molar-refractivity contribution in [2.24, 2.45) is 5.73 Å². The monoisotopic (exact) mass is 557 g/mol. The lowest BCUT2D eigenvalue weighted by Crippen LogP contribution is -2.31. The molecule has 3 N–H and O–H groups in total. The average molecular weight is 559 g/mol. The number of thioether (sulfide) groups is 1. The van der Waals surface area contributed by atoms with E-state index in [0.29, 0.717) is 40.5 Å². The summed E-state index contributed by atoms with van der Waals surface area (Å²) >= 11 is 5.04. The summed E-state index contributed by atoms with van der Waals surface area (Å²) in [6.07, 6.45) is 2.18. The average Bonchev–Trinajstić information content (AvgIpc) is 3.25. The summed E-state index contributed by atoms with van der Waals surface area (Å²) in [6.45, 7) is 4.37. The van der Waals surface area contributed by atoms with Crippen LogP contribution in [0.2, 0.25) is 0 Å². The van der Waals surface area contributed by atoms with Gasteiger partial charge in [0.2, 0.25) is 17.0 Å². The minimum absolute atomic E-state index is 0.396. The third-order valence-corrected chi connectivity index (χ3v) is 7.09. The van der Waals surface area contributed by atoms with Gasteiger partial charge in [0.1, 0.15) is 12.6 Å². The van der Waals surface area contributed by atoms with E-state index in [4.69, 9.17) is 20.3 Å². The van der Waals surface area contributed by atoms with E-state index in [1.807, 2.05) is 49.4 Å².